The third kappa shape index (κ3) is 3.51. The average molecular weight is 479 g/mol. The van der Waals surface area contributed by atoms with Crippen LogP contribution in [0.5, 0.6) is 5.88 Å². The molecule has 1 amide bonds. The van der Waals surface area contributed by atoms with Gasteiger partial charge in [-0.25, -0.2) is 4.98 Å². The van der Waals surface area contributed by atoms with E-state index < -0.39 is 5.41 Å². The quantitative estimate of drug-likeness (QED) is 0.538. The highest BCUT2D eigenvalue weighted by atomic mass is 79.9. The third-order valence-electron chi connectivity index (χ3n) is 6.44. The van der Waals surface area contributed by atoms with Crippen molar-refractivity contribution in [2.75, 3.05) is 11.9 Å². The zero-order valence-electron chi connectivity index (χ0n) is 17.2. The minimum atomic E-state index is -0.516. The van der Waals surface area contributed by atoms with Crippen LogP contribution >= 0.6 is 15.9 Å². The second-order valence-corrected chi connectivity index (χ2v) is 8.99. The first-order chi connectivity index (χ1) is 15.1. The average Bonchev–Trinajstić information content (AvgIpc) is 3.15. The number of amides is 1. The molecule has 2 fully saturated rings. The van der Waals surface area contributed by atoms with Gasteiger partial charge in [0.15, 0.2) is 0 Å². The largest absolute Gasteiger partial charge is 0.477 e. The number of benzene rings is 1. The Balaban J connectivity index is 1.37. The maximum Gasteiger partial charge on any atom is 0.237 e. The first-order valence-electron chi connectivity index (χ1n) is 10.6. The summed E-state index contributed by atoms with van der Waals surface area (Å²) in [4.78, 5) is 26.7. The van der Waals surface area contributed by atoms with Gasteiger partial charge < -0.3 is 10.1 Å². The standard InChI is InChI=1S/C24H23BrN4O2/c1-2-31-22-14-26-13-20(29-22)15-6-8-17(9-7-15)28-23(30)24(18-4-3-5-19(18)24)21-12-16(25)10-11-27-21/h6-14,18-19H,2-5H2,1H3,(H,28,30)/t18-,19+,24?. The fraction of sp³-hybridized carbons (Fsp3) is 0.333. The Morgan fingerprint density at radius 1 is 1.19 bits per heavy atom. The monoisotopic (exact) mass is 478 g/mol. The van der Waals surface area contributed by atoms with Crippen molar-refractivity contribution in [3.05, 3.63) is 65.2 Å². The highest BCUT2D eigenvalue weighted by molar-refractivity contribution is 9.10. The van der Waals surface area contributed by atoms with Crippen molar-refractivity contribution in [3.63, 3.8) is 0 Å². The number of carbonyl (C=O) groups is 1. The maximum absolute atomic E-state index is 13.5. The SMILES string of the molecule is CCOc1cncc(-c2ccc(NC(=O)C3(c4cc(Br)ccn4)[C@@H]4CCC[C@@H]43)cc2)n1. The molecule has 0 spiro atoms. The Morgan fingerprint density at radius 2 is 1.97 bits per heavy atom. The van der Waals surface area contributed by atoms with Crippen LogP contribution in [0.2, 0.25) is 0 Å². The Labute approximate surface area is 189 Å². The Kier molecular flexibility index (Phi) is 5.22. The van der Waals surface area contributed by atoms with Gasteiger partial charge in [-0.05, 0) is 55.9 Å². The molecule has 1 N–H and O–H groups in total. The van der Waals surface area contributed by atoms with Crippen LogP contribution < -0.4 is 10.1 Å². The molecule has 0 saturated heterocycles. The van der Waals surface area contributed by atoms with E-state index >= 15 is 0 Å². The van der Waals surface area contributed by atoms with Crippen molar-refractivity contribution < 1.29 is 9.53 Å². The highest BCUT2D eigenvalue weighted by Crippen LogP contribution is 2.68. The predicted molar refractivity (Wildman–Crippen MR) is 122 cm³/mol. The molecule has 2 aromatic heterocycles. The lowest BCUT2D eigenvalue weighted by molar-refractivity contribution is -0.119. The van der Waals surface area contributed by atoms with Crippen molar-refractivity contribution >= 4 is 27.5 Å². The van der Waals surface area contributed by atoms with E-state index in [0.717, 1.165) is 40.0 Å². The second kappa shape index (κ2) is 8.04. The van der Waals surface area contributed by atoms with E-state index in [-0.39, 0.29) is 5.91 Å². The molecule has 2 aliphatic rings. The van der Waals surface area contributed by atoms with Gasteiger partial charge in [-0.3, -0.25) is 14.8 Å². The van der Waals surface area contributed by atoms with E-state index in [1.54, 1.807) is 18.6 Å². The first-order valence-corrected chi connectivity index (χ1v) is 11.4. The topological polar surface area (TPSA) is 77.0 Å². The van der Waals surface area contributed by atoms with E-state index in [4.69, 9.17) is 4.74 Å². The lowest BCUT2D eigenvalue weighted by Gasteiger charge is -2.20. The van der Waals surface area contributed by atoms with Crippen LogP contribution in [-0.2, 0) is 10.2 Å². The Hall–Kier alpha value is -2.80. The fourth-order valence-electron chi connectivity index (χ4n) is 5.08. The summed E-state index contributed by atoms with van der Waals surface area (Å²) in [6.07, 6.45) is 8.43. The van der Waals surface area contributed by atoms with Crippen molar-refractivity contribution in [1.82, 2.24) is 15.0 Å². The molecule has 6 nitrogen and oxygen atoms in total. The lowest BCUT2D eigenvalue weighted by Crippen LogP contribution is -2.33. The number of aromatic nitrogens is 3. The minimum absolute atomic E-state index is 0.0404. The lowest BCUT2D eigenvalue weighted by atomic mass is 9.90. The van der Waals surface area contributed by atoms with E-state index in [0.29, 0.717) is 24.3 Å². The molecule has 1 aromatic carbocycles. The number of rotatable bonds is 6. The molecule has 0 bridgehead atoms. The summed E-state index contributed by atoms with van der Waals surface area (Å²) in [5, 5.41) is 3.15. The van der Waals surface area contributed by atoms with E-state index in [2.05, 4.69) is 36.2 Å². The van der Waals surface area contributed by atoms with Gasteiger partial charge in [-0.2, -0.15) is 0 Å². The molecule has 3 atom stereocenters. The summed E-state index contributed by atoms with van der Waals surface area (Å²) < 4.78 is 6.39. The third-order valence-corrected chi connectivity index (χ3v) is 6.93. The molecule has 0 aliphatic heterocycles. The van der Waals surface area contributed by atoms with Gasteiger partial charge in [-0.15, -0.1) is 0 Å². The molecule has 31 heavy (non-hydrogen) atoms. The van der Waals surface area contributed by atoms with Gasteiger partial charge in [0.05, 0.1) is 35.8 Å². The Bertz CT molecular complexity index is 1110. The number of hydrogen-bond donors (Lipinski definition) is 1. The summed E-state index contributed by atoms with van der Waals surface area (Å²) in [5.74, 6) is 1.30. The summed E-state index contributed by atoms with van der Waals surface area (Å²) in [6.45, 7) is 2.45. The molecule has 2 saturated carbocycles. The number of halogens is 1. The number of carbonyl (C=O) groups excluding carboxylic acids is 1. The Morgan fingerprint density at radius 3 is 2.68 bits per heavy atom. The summed E-state index contributed by atoms with van der Waals surface area (Å²) in [7, 11) is 0. The van der Waals surface area contributed by atoms with Crippen molar-refractivity contribution in [2.45, 2.75) is 31.6 Å². The van der Waals surface area contributed by atoms with Crippen LogP contribution in [0.3, 0.4) is 0 Å². The highest BCUT2D eigenvalue weighted by Gasteiger charge is 2.72. The number of nitrogens with one attached hydrogen (secondary N) is 1. The van der Waals surface area contributed by atoms with E-state index in [1.807, 2.05) is 43.3 Å². The number of pyridine rings is 1. The molecular formula is C24H23BrN4O2. The molecular weight excluding hydrogens is 456 g/mol. The van der Waals surface area contributed by atoms with Gasteiger partial charge in [0, 0.05) is 21.9 Å². The number of anilines is 1. The van der Waals surface area contributed by atoms with Gasteiger partial charge in [0.25, 0.3) is 0 Å². The zero-order valence-corrected chi connectivity index (χ0v) is 18.8. The molecule has 3 aromatic rings. The van der Waals surface area contributed by atoms with Crippen LogP contribution in [0.1, 0.15) is 31.9 Å². The van der Waals surface area contributed by atoms with Gasteiger partial charge >= 0.3 is 0 Å². The van der Waals surface area contributed by atoms with E-state index in [1.165, 1.54) is 6.42 Å². The van der Waals surface area contributed by atoms with Crippen LogP contribution in [0, 0.1) is 11.8 Å². The van der Waals surface area contributed by atoms with E-state index in [9.17, 15) is 4.79 Å². The molecule has 2 heterocycles. The van der Waals surface area contributed by atoms with Crippen LogP contribution in [-0.4, -0.2) is 27.5 Å². The van der Waals surface area contributed by atoms with Gasteiger partial charge in [0.2, 0.25) is 11.8 Å². The smallest absolute Gasteiger partial charge is 0.237 e. The number of ether oxygens (including phenoxy) is 1. The molecule has 5 rings (SSSR count). The van der Waals surface area contributed by atoms with Crippen molar-refractivity contribution in [1.29, 1.82) is 0 Å². The maximum atomic E-state index is 13.5. The van der Waals surface area contributed by atoms with Crippen molar-refractivity contribution in [3.8, 4) is 17.1 Å². The number of nitrogens with zero attached hydrogens (tertiary/aromatic N) is 3. The minimum Gasteiger partial charge on any atom is -0.477 e. The number of fused-ring (bicyclic) bond motifs is 1. The van der Waals surface area contributed by atoms with Gasteiger partial charge in [-0.1, -0.05) is 34.5 Å². The van der Waals surface area contributed by atoms with Crippen LogP contribution in [0.4, 0.5) is 5.69 Å². The van der Waals surface area contributed by atoms with Crippen LogP contribution in [0.25, 0.3) is 11.3 Å². The zero-order chi connectivity index (χ0) is 21.4. The predicted octanol–water partition coefficient (Wildman–Crippen LogP) is 5.01. The summed E-state index contributed by atoms with van der Waals surface area (Å²) in [5.41, 5.74) is 2.77. The molecule has 1 unspecified atom stereocenters. The molecule has 7 heteroatoms. The first kappa shape index (κ1) is 20.1. The molecule has 158 valence electrons. The summed E-state index contributed by atoms with van der Waals surface area (Å²) >= 11 is 3.53. The molecule has 0 radical (unpaired) electrons. The summed E-state index contributed by atoms with van der Waals surface area (Å²) in [6, 6.07) is 11.6. The number of hydrogen-bond acceptors (Lipinski definition) is 5. The second-order valence-electron chi connectivity index (χ2n) is 8.08. The van der Waals surface area contributed by atoms with Crippen molar-refractivity contribution in [2.24, 2.45) is 11.8 Å². The van der Waals surface area contributed by atoms with Gasteiger partial charge in [0.1, 0.15) is 0 Å². The molecule has 2 aliphatic carbocycles. The van der Waals surface area contributed by atoms with Crippen LogP contribution in [0.15, 0.2) is 59.5 Å². The normalized spacial score (nSPS) is 23.8. The fourth-order valence-corrected chi connectivity index (χ4v) is 5.42.